The number of rotatable bonds is 3. The SMILES string of the molecule is O=C(Nc1ccc2c(c1)OC1(CCCC1)O2)c1cc(-c2ccncc2)nc2ccccc12. The highest BCUT2D eigenvalue weighted by Crippen LogP contribution is 2.47. The van der Waals surface area contributed by atoms with Crippen molar-refractivity contribution in [1.29, 1.82) is 0 Å². The fourth-order valence-electron chi connectivity index (χ4n) is 4.52. The molecule has 6 nitrogen and oxygen atoms in total. The predicted octanol–water partition coefficient (Wildman–Crippen LogP) is 5.59. The van der Waals surface area contributed by atoms with E-state index in [2.05, 4.69) is 10.3 Å². The number of carbonyl (C=O) groups is 1. The highest BCUT2D eigenvalue weighted by atomic mass is 16.7. The summed E-state index contributed by atoms with van der Waals surface area (Å²) < 4.78 is 12.2. The topological polar surface area (TPSA) is 73.3 Å². The van der Waals surface area contributed by atoms with Crippen LogP contribution in [-0.4, -0.2) is 21.7 Å². The molecule has 0 saturated heterocycles. The maximum absolute atomic E-state index is 13.3. The zero-order valence-electron chi connectivity index (χ0n) is 17.4. The average molecular weight is 423 g/mol. The molecule has 0 radical (unpaired) electrons. The highest BCUT2D eigenvalue weighted by molar-refractivity contribution is 6.13. The second-order valence-electron chi connectivity index (χ2n) is 8.25. The third-order valence-corrected chi connectivity index (χ3v) is 6.10. The average Bonchev–Trinajstić information content (AvgIpc) is 3.44. The summed E-state index contributed by atoms with van der Waals surface area (Å²) in [7, 11) is 0. The largest absolute Gasteiger partial charge is 0.448 e. The lowest BCUT2D eigenvalue weighted by molar-refractivity contribution is -0.0716. The predicted molar refractivity (Wildman–Crippen MR) is 122 cm³/mol. The smallest absolute Gasteiger partial charge is 0.256 e. The number of nitrogens with zero attached hydrogens (tertiary/aromatic N) is 2. The van der Waals surface area contributed by atoms with E-state index in [9.17, 15) is 4.79 Å². The molecule has 1 fully saturated rings. The van der Waals surface area contributed by atoms with Gasteiger partial charge in [0.05, 0.1) is 16.8 Å². The Kier molecular flexibility index (Phi) is 4.31. The van der Waals surface area contributed by atoms with E-state index in [-0.39, 0.29) is 5.91 Å². The van der Waals surface area contributed by atoms with E-state index in [1.165, 1.54) is 0 Å². The van der Waals surface area contributed by atoms with Crippen molar-refractivity contribution in [1.82, 2.24) is 9.97 Å². The molecule has 1 saturated carbocycles. The Hall–Kier alpha value is -3.93. The lowest BCUT2D eigenvalue weighted by Crippen LogP contribution is -2.34. The van der Waals surface area contributed by atoms with Crippen LogP contribution in [0.25, 0.3) is 22.2 Å². The number of benzene rings is 2. The number of amides is 1. The third kappa shape index (κ3) is 3.24. The van der Waals surface area contributed by atoms with Crippen molar-refractivity contribution in [2.24, 2.45) is 0 Å². The number of aromatic nitrogens is 2. The third-order valence-electron chi connectivity index (χ3n) is 6.10. The van der Waals surface area contributed by atoms with Crippen LogP contribution in [0.4, 0.5) is 5.69 Å². The molecule has 0 unspecified atom stereocenters. The Morgan fingerprint density at radius 2 is 1.69 bits per heavy atom. The maximum Gasteiger partial charge on any atom is 0.256 e. The first kappa shape index (κ1) is 18.8. The normalized spacial score (nSPS) is 15.9. The van der Waals surface area contributed by atoms with Gasteiger partial charge in [-0.1, -0.05) is 18.2 Å². The van der Waals surface area contributed by atoms with E-state index >= 15 is 0 Å². The van der Waals surface area contributed by atoms with E-state index in [0.29, 0.717) is 17.0 Å². The van der Waals surface area contributed by atoms with Crippen LogP contribution in [0.15, 0.2) is 73.1 Å². The molecular formula is C26H21N3O3. The van der Waals surface area contributed by atoms with Crippen LogP contribution in [0.3, 0.4) is 0 Å². The van der Waals surface area contributed by atoms with Crippen LogP contribution in [0, 0.1) is 0 Å². The standard InChI is InChI=1S/C26H21N3O3/c30-25(28-18-7-8-23-24(15-18)32-26(31-23)11-3-4-12-26)20-16-22(17-9-13-27-14-10-17)29-21-6-2-1-5-19(20)21/h1-2,5-10,13-16H,3-4,11-12H2,(H,28,30). The van der Waals surface area contributed by atoms with Gasteiger partial charge in [0.15, 0.2) is 11.5 Å². The van der Waals surface area contributed by atoms with Gasteiger partial charge >= 0.3 is 0 Å². The van der Waals surface area contributed by atoms with Gasteiger partial charge in [0.2, 0.25) is 0 Å². The van der Waals surface area contributed by atoms with Crippen LogP contribution in [0.2, 0.25) is 0 Å². The summed E-state index contributed by atoms with van der Waals surface area (Å²) in [6.45, 7) is 0. The van der Waals surface area contributed by atoms with Crippen molar-refractivity contribution in [3.05, 3.63) is 78.6 Å². The van der Waals surface area contributed by atoms with Gasteiger partial charge < -0.3 is 14.8 Å². The number of ether oxygens (including phenoxy) is 2. The van der Waals surface area contributed by atoms with Gasteiger partial charge in [-0.3, -0.25) is 9.78 Å². The summed E-state index contributed by atoms with van der Waals surface area (Å²) in [6.07, 6.45) is 7.43. The molecular weight excluding hydrogens is 402 g/mol. The van der Waals surface area contributed by atoms with Crippen molar-refractivity contribution >= 4 is 22.5 Å². The maximum atomic E-state index is 13.3. The Balaban J connectivity index is 1.33. The minimum atomic E-state index is -0.522. The molecule has 2 aromatic heterocycles. The summed E-state index contributed by atoms with van der Waals surface area (Å²) >= 11 is 0. The van der Waals surface area contributed by atoms with E-state index in [1.807, 2.05) is 60.7 Å². The molecule has 2 aliphatic rings. The van der Waals surface area contributed by atoms with E-state index in [1.54, 1.807) is 12.4 Å². The fraction of sp³-hybridized carbons (Fsp3) is 0.192. The van der Waals surface area contributed by atoms with E-state index in [0.717, 1.165) is 53.6 Å². The lowest BCUT2D eigenvalue weighted by atomic mass is 10.0. The van der Waals surface area contributed by atoms with Crippen LogP contribution < -0.4 is 14.8 Å². The first-order valence-corrected chi connectivity index (χ1v) is 10.8. The van der Waals surface area contributed by atoms with Crippen molar-refractivity contribution in [3.8, 4) is 22.8 Å². The molecule has 158 valence electrons. The Morgan fingerprint density at radius 1 is 0.906 bits per heavy atom. The zero-order chi connectivity index (χ0) is 21.5. The van der Waals surface area contributed by atoms with Gasteiger partial charge in [0, 0.05) is 47.9 Å². The molecule has 0 bridgehead atoms. The number of anilines is 1. The fourth-order valence-corrected chi connectivity index (χ4v) is 4.52. The molecule has 1 N–H and O–H groups in total. The molecule has 6 rings (SSSR count). The highest BCUT2D eigenvalue weighted by Gasteiger charge is 2.44. The molecule has 0 atom stereocenters. The first-order chi connectivity index (χ1) is 15.7. The molecule has 4 aromatic rings. The number of pyridine rings is 2. The minimum absolute atomic E-state index is 0.201. The molecule has 32 heavy (non-hydrogen) atoms. The second kappa shape index (κ2) is 7.34. The minimum Gasteiger partial charge on any atom is -0.448 e. The molecule has 2 aromatic carbocycles. The number of carbonyl (C=O) groups excluding carboxylic acids is 1. The van der Waals surface area contributed by atoms with E-state index in [4.69, 9.17) is 14.5 Å². The number of nitrogens with one attached hydrogen (secondary N) is 1. The second-order valence-corrected chi connectivity index (χ2v) is 8.25. The number of hydrogen-bond donors (Lipinski definition) is 1. The van der Waals surface area contributed by atoms with Crippen LogP contribution in [-0.2, 0) is 0 Å². The Bertz CT molecular complexity index is 1330. The summed E-state index contributed by atoms with van der Waals surface area (Å²) in [6, 6.07) is 18.8. The Labute approximate surface area is 185 Å². The van der Waals surface area contributed by atoms with Crippen LogP contribution >= 0.6 is 0 Å². The van der Waals surface area contributed by atoms with Gasteiger partial charge in [-0.15, -0.1) is 0 Å². The first-order valence-electron chi connectivity index (χ1n) is 10.8. The van der Waals surface area contributed by atoms with Crippen molar-refractivity contribution in [3.63, 3.8) is 0 Å². The van der Waals surface area contributed by atoms with Crippen molar-refractivity contribution in [2.75, 3.05) is 5.32 Å². The zero-order valence-corrected chi connectivity index (χ0v) is 17.4. The summed E-state index contributed by atoms with van der Waals surface area (Å²) in [5.41, 5.74) is 3.63. The molecule has 1 spiro atoms. The van der Waals surface area contributed by atoms with Gasteiger partial charge in [0.25, 0.3) is 11.7 Å². The van der Waals surface area contributed by atoms with E-state index < -0.39 is 5.79 Å². The van der Waals surface area contributed by atoms with Gasteiger partial charge in [-0.2, -0.15) is 0 Å². The quantitative estimate of drug-likeness (QED) is 0.465. The molecule has 1 aliphatic heterocycles. The number of fused-ring (bicyclic) bond motifs is 2. The summed E-state index contributed by atoms with van der Waals surface area (Å²) in [4.78, 5) is 22.1. The summed E-state index contributed by atoms with van der Waals surface area (Å²) in [5, 5.41) is 3.82. The number of hydrogen-bond acceptors (Lipinski definition) is 5. The molecule has 1 amide bonds. The van der Waals surface area contributed by atoms with Crippen molar-refractivity contribution < 1.29 is 14.3 Å². The summed E-state index contributed by atoms with van der Waals surface area (Å²) in [5.74, 6) is 0.695. The van der Waals surface area contributed by atoms with Crippen LogP contribution in [0.1, 0.15) is 36.0 Å². The molecule has 6 heteroatoms. The number of para-hydroxylation sites is 1. The van der Waals surface area contributed by atoms with Gasteiger partial charge in [-0.25, -0.2) is 4.98 Å². The molecule has 1 aliphatic carbocycles. The van der Waals surface area contributed by atoms with Crippen molar-refractivity contribution in [2.45, 2.75) is 31.5 Å². The van der Waals surface area contributed by atoms with Crippen LogP contribution in [0.5, 0.6) is 11.5 Å². The lowest BCUT2D eigenvalue weighted by Gasteiger charge is -2.21. The monoisotopic (exact) mass is 423 g/mol. The molecule has 3 heterocycles. The van der Waals surface area contributed by atoms with Gasteiger partial charge in [0.1, 0.15) is 0 Å². The Morgan fingerprint density at radius 3 is 2.53 bits per heavy atom. The van der Waals surface area contributed by atoms with Gasteiger partial charge in [-0.05, 0) is 49.2 Å².